The van der Waals surface area contributed by atoms with Crippen LogP contribution in [-0.2, 0) is 9.47 Å². The summed E-state index contributed by atoms with van der Waals surface area (Å²) < 4.78 is 9.41. The molecule has 0 aromatic rings. The van der Waals surface area contributed by atoms with Crippen LogP contribution in [0.25, 0.3) is 0 Å². The smallest absolute Gasteiger partial charge is 0.431 e. The van der Waals surface area contributed by atoms with Gasteiger partial charge in [-0.25, -0.2) is 4.79 Å². The number of unbranched alkanes of at least 4 members (excludes halogenated alkanes) is 1. The lowest BCUT2D eigenvalue weighted by Gasteiger charge is -2.11. The molecule has 1 radical (unpaired) electrons. The fourth-order valence-electron chi connectivity index (χ4n) is 0.839. The molecule has 0 aliphatic heterocycles. The summed E-state index contributed by atoms with van der Waals surface area (Å²) in [7, 11) is 0. The zero-order valence-electron chi connectivity index (χ0n) is 8.00. The predicted molar refractivity (Wildman–Crippen MR) is 46.5 cm³/mol. The van der Waals surface area contributed by atoms with E-state index in [1.165, 1.54) is 6.61 Å². The minimum absolute atomic E-state index is 0.0441. The molecule has 0 aliphatic rings. The molecule has 3 nitrogen and oxygen atoms in total. The average molecular weight is 173 g/mol. The molecule has 0 fully saturated rings. The number of carbonyl (C=O) groups is 1. The molecule has 1 unspecified atom stereocenters. The zero-order valence-corrected chi connectivity index (χ0v) is 8.00. The van der Waals surface area contributed by atoms with E-state index in [1.54, 1.807) is 6.92 Å². The maximum Gasteiger partial charge on any atom is 0.508 e. The highest BCUT2D eigenvalue weighted by Crippen LogP contribution is 2.05. The summed E-state index contributed by atoms with van der Waals surface area (Å²) in [5, 5.41) is 0. The van der Waals surface area contributed by atoms with Gasteiger partial charge in [0.05, 0.1) is 0 Å². The Labute approximate surface area is 74.0 Å². The molecule has 0 spiro atoms. The first kappa shape index (κ1) is 11.3. The molecule has 12 heavy (non-hydrogen) atoms. The number of rotatable bonds is 5. The lowest BCUT2D eigenvalue weighted by Crippen LogP contribution is -2.14. The van der Waals surface area contributed by atoms with Gasteiger partial charge < -0.3 is 9.47 Å². The Kier molecular flexibility index (Phi) is 6.53. The molecule has 0 saturated carbocycles. The Morgan fingerprint density at radius 1 is 1.58 bits per heavy atom. The van der Waals surface area contributed by atoms with Crippen molar-refractivity contribution in [2.45, 2.75) is 46.1 Å². The SMILES string of the molecule is C[CH]OC(=O)OC(C)CCCC. The average Bonchev–Trinajstić information content (AvgIpc) is 2.01. The van der Waals surface area contributed by atoms with Gasteiger partial charge in [0.2, 0.25) is 0 Å². The lowest BCUT2D eigenvalue weighted by atomic mass is 10.2. The van der Waals surface area contributed by atoms with Crippen LogP contribution in [0.3, 0.4) is 0 Å². The zero-order chi connectivity index (χ0) is 9.40. The van der Waals surface area contributed by atoms with Gasteiger partial charge >= 0.3 is 6.16 Å². The Balaban J connectivity index is 3.40. The number of hydrogen-bond acceptors (Lipinski definition) is 3. The first-order valence-corrected chi connectivity index (χ1v) is 4.35. The van der Waals surface area contributed by atoms with Crippen LogP contribution < -0.4 is 0 Å². The summed E-state index contributed by atoms with van der Waals surface area (Å²) in [6.45, 7) is 6.92. The van der Waals surface area contributed by atoms with E-state index in [-0.39, 0.29) is 6.10 Å². The van der Waals surface area contributed by atoms with Gasteiger partial charge in [-0.05, 0) is 20.3 Å². The summed E-state index contributed by atoms with van der Waals surface area (Å²) in [5.74, 6) is 0. The number of hydrogen-bond donors (Lipinski definition) is 0. The van der Waals surface area contributed by atoms with Crippen LogP contribution in [0.1, 0.15) is 40.0 Å². The van der Waals surface area contributed by atoms with Crippen LogP contribution in [0.5, 0.6) is 0 Å². The van der Waals surface area contributed by atoms with Gasteiger partial charge in [0.15, 0.2) is 0 Å². The van der Waals surface area contributed by atoms with Crippen molar-refractivity contribution in [2.75, 3.05) is 0 Å². The molecule has 0 saturated heterocycles. The van der Waals surface area contributed by atoms with E-state index in [0.29, 0.717) is 0 Å². The molecule has 0 aromatic carbocycles. The van der Waals surface area contributed by atoms with Crippen LogP contribution in [0, 0.1) is 6.61 Å². The van der Waals surface area contributed by atoms with E-state index in [2.05, 4.69) is 11.7 Å². The van der Waals surface area contributed by atoms with Gasteiger partial charge in [0.25, 0.3) is 0 Å². The molecule has 0 heterocycles. The number of ether oxygens (including phenoxy) is 2. The minimum atomic E-state index is -0.610. The topological polar surface area (TPSA) is 35.5 Å². The van der Waals surface area contributed by atoms with Gasteiger partial charge in [-0.1, -0.05) is 19.8 Å². The molecule has 0 rings (SSSR count). The van der Waals surface area contributed by atoms with Crippen LogP contribution in [0.15, 0.2) is 0 Å². The maximum absolute atomic E-state index is 10.7. The van der Waals surface area contributed by atoms with Gasteiger partial charge in [-0.15, -0.1) is 0 Å². The van der Waals surface area contributed by atoms with Crippen molar-refractivity contribution in [1.82, 2.24) is 0 Å². The first-order chi connectivity index (χ1) is 5.70. The summed E-state index contributed by atoms with van der Waals surface area (Å²) in [6.07, 6.45) is 2.43. The fraction of sp³-hybridized carbons (Fsp3) is 0.778. The largest absolute Gasteiger partial charge is 0.508 e. The third kappa shape index (κ3) is 6.01. The Morgan fingerprint density at radius 3 is 2.75 bits per heavy atom. The predicted octanol–water partition coefficient (Wildman–Crippen LogP) is 2.90. The maximum atomic E-state index is 10.7. The molecular weight excluding hydrogens is 156 g/mol. The Hall–Kier alpha value is -0.730. The van der Waals surface area contributed by atoms with E-state index in [9.17, 15) is 4.79 Å². The van der Waals surface area contributed by atoms with Crippen LogP contribution >= 0.6 is 0 Å². The van der Waals surface area contributed by atoms with E-state index in [4.69, 9.17) is 4.74 Å². The Morgan fingerprint density at radius 2 is 2.25 bits per heavy atom. The van der Waals surface area contributed by atoms with Crippen molar-refractivity contribution in [2.24, 2.45) is 0 Å². The quantitative estimate of drug-likeness (QED) is 0.599. The molecule has 0 aromatic heterocycles. The molecule has 71 valence electrons. The third-order valence-electron chi connectivity index (χ3n) is 1.48. The summed E-state index contributed by atoms with van der Waals surface area (Å²) in [5.41, 5.74) is 0. The van der Waals surface area contributed by atoms with Gasteiger partial charge in [0, 0.05) is 0 Å². The van der Waals surface area contributed by atoms with Crippen molar-refractivity contribution < 1.29 is 14.3 Å². The van der Waals surface area contributed by atoms with Gasteiger partial charge in [-0.2, -0.15) is 0 Å². The standard InChI is InChI=1S/C9H17O3/c1-4-6-7-8(3)12-9(10)11-5-2/h5,8H,4,6-7H2,1-3H3. The van der Waals surface area contributed by atoms with E-state index < -0.39 is 6.16 Å². The van der Waals surface area contributed by atoms with Crippen LogP contribution in [-0.4, -0.2) is 12.3 Å². The van der Waals surface area contributed by atoms with Crippen LogP contribution in [0.2, 0.25) is 0 Å². The highest BCUT2D eigenvalue weighted by molar-refractivity contribution is 5.60. The van der Waals surface area contributed by atoms with Crippen molar-refractivity contribution in [3.8, 4) is 0 Å². The highest BCUT2D eigenvalue weighted by atomic mass is 16.7. The third-order valence-corrected chi connectivity index (χ3v) is 1.48. The minimum Gasteiger partial charge on any atom is -0.431 e. The van der Waals surface area contributed by atoms with Crippen molar-refractivity contribution in [3.05, 3.63) is 6.61 Å². The molecular formula is C9H17O3. The van der Waals surface area contributed by atoms with E-state index in [0.717, 1.165) is 19.3 Å². The molecule has 0 bridgehead atoms. The van der Waals surface area contributed by atoms with Crippen LogP contribution in [0.4, 0.5) is 4.79 Å². The summed E-state index contributed by atoms with van der Waals surface area (Å²) in [4.78, 5) is 10.7. The summed E-state index contributed by atoms with van der Waals surface area (Å²) in [6, 6.07) is 0. The van der Waals surface area contributed by atoms with Gasteiger partial charge in [0.1, 0.15) is 12.7 Å². The Bertz CT molecular complexity index is 123. The highest BCUT2D eigenvalue weighted by Gasteiger charge is 2.08. The number of carbonyl (C=O) groups excluding carboxylic acids is 1. The van der Waals surface area contributed by atoms with Crippen molar-refractivity contribution in [1.29, 1.82) is 0 Å². The van der Waals surface area contributed by atoms with Crippen molar-refractivity contribution in [3.63, 3.8) is 0 Å². The fourth-order valence-corrected chi connectivity index (χ4v) is 0.839. The molecule has 0 N–H and O–H groups in total. The lowest BCUT2D eigenvalue weighted by molar-refractivity contribution is 0.0417. The van der Waals surface area contributed by atoms with E-state index >= 15 is 0 Å². The first-order valence-electron chi connectivity index (χ1n) is 4.35. The molecule has 0 aliphatic carbocycles. The second kappa shape index (κ2) is 6.95. The molecule has 0 amide bonds. The van der Waals surface area contributed by atoms with Gasteiger partial charge in [-0.3, -0.25) is 0 Å². The molecule has 3 heteroatoms. The summed E-state index contributed by atoms with van der Waals surface area (Å²) >= 11 is 0. The second-order valence-corrected chi connectivity index (χ2v) is 2.67. The van der Waals surface area contributed by atoms with Crippen molar-refractivity contribution >= 4 is 6.16 Å². The monoisotopic (exact) mass is 173 g/mol. The normalized spacial score (nSPS) is 12.2. The second-order valence-electron chi connectivity index (χ2n) is 2.67. The molecule has 1 atom stereocenters. The van der Waals surface area contributed by atoms with E-state index in [1.807, 2.05) is 6.92 Å².